The van der Waals surface area contributed by atoms with Crippen LogP contribution in [-0.2, 0) is 11.2 Å². The molecular formula is C16H23N3O3S. The van der Waals surface area contributed by atoms with Crippen LogP contribution in [0.4, 0.5) is 0 Å². The van der Waals surface area contributed by atoms with Crippen LogP contribution in [0.5, 0.6) is 0 Å². The first-order valence-electron chi connectivity index (χ1n) is 7.88. The van der Waals surface area contributed by atoms with Crippen molar-refractivity contribution in [3.8, 4) is 0 Å². The number of hydrogen-bond donors (Lipinski definition) is 3. The second-order valence-corrected chi connectivity index (χ2v) is 6.25. The zero-order valence-corrected chi connectivity index (χ0v) is 14.3. The molecule has 1 saturated carbocycles. The van der Waals surface area contributed by atoms with Gasteiger partial charge in [-0.2, -0.15) is 5.10 Å². The SMILES string of the molecule is C/C(=N/NC(=S)NC1CCCC1)c1cc(CCC(=O)O)oc1C. The summed E-state index contributed by atoms with van der Waals surface area (Å²) >= 11 is 5.25. The number of aliphatic carboxylic acids is 1. The van der Waals surface area contributed by atoms with Crippen LogP contribution < -0.4 is 10.7 Å². The number of carboxylic acid groups (broad SMARTS) is 1. The summed E-state index contributed by atoms with van der Waals surface area (Å²) in [6.07, 6.45) is 5.22. The number of rotatable bonds is 6. The first-order valence-corrected chi connectivity index (χ1v) is 8.29. The molecule has 1 heterocycles. The highest BCUT2D eigenvalue weighted by molar-refractivity contribution is 7.80. The molecule has 0 radical (unpaired) electrons. The molecule has 0 unspecified atom stereocenters. The molecule has 0 spiro atoms. The summed E-state index contributed by atoms with van der Waals surface area (Å²) in [5.74, 6) is 0.542. The van der Waals surface area contributed by atoms with Crippen LogP contribution in [-0.4, -0.2) is 27.9 Å². The Morgan fingerprint density at radius 3 is 2.83 bits per heavy atom. The second-order valence-electron chi connectivity index (χ2n) is 5.84. The van der Waals surface area contributed by atoms with Crippen molar-refractivity contribution < 1.29 is 14.3 Å². The maximum atomic E-state index is 10.6. The number of carbonyl (C=O) groups is 1. The minimum atomic E-state index is -0.837. The van der Waals surface area contributed by atoms with Crippen molar-refractivity contribution in [2.75, 3.05) is 0 Å². The lowest BCUT2D eigenvalue weighted by Gasteiger charge is -2.13. The average molecular weight is 337 g/mol. The number of nitrogens with zero attached hydrogens (tertiary/aromatic N) is 1. The van der Waals surface area contributed by atoms with Gasteiger partial charge in [-0.15, -0.1) is 0 Å². The lowest BCUT2D eigenvalue weighted by atomic mass is 10.1. The highest BCUT2D eigenvalue weighted by atomic mass is 32.1. The van der Waals surface area contributed by atoms with Crippen molar-refractivity contribution >= 4 is 29.0 Å². The monoisotopic (exact) mass is 337 g/mol. The van der Waals surface area contributed by atoms with E-state index in [2.05, 4.69) is 15.8 Å². The number of nitrogens with one attached hydrogen (secondary N) is 2. The van der Waals surface area contributed by atoms with E-state index in [1.165, 1.54) is 12.8 Å². The maximum Gasteiger partial charge on any atom is 0.303 e. The zero-order chi connectivity index (χ0) is 16.8. The third-order valence-electron chi connectivity index (χ3n) is 3.96. The number of carboxylic acids is 1. The molecule has 7 heteroatoms. The molecule has 0 atom stereocenters. The van der Waals surface area contributed by atoms with Crippen molar-refractivity contribution in [2.24, 2.45) is 5.10 Å². The van der Waals surface area contributed by atoms with E-state index in [0.717, 1.165) is 29.9 Å². The third kappa shape index (κ3) is 5.35. The molecule has 6 nitrogen and oxygen atoms in total. The number of aryl methyl sites for hydroxylation is 2. The summed E-state index contributed by atoms with van der Waals surface area (Å²) in [7, 11) is 0. The van der Waals surface area contributed by atoms with Gasteiger partial charge in [0.25, 0.3) is 0 Å². The fourth-order valence-corrected chi connectivity index (χ4v) is 2.95. The fourth-order valence-electron chi connectivity index (χ4n) is 2.74. The van der Waals surface area contributed by atoms with Crippen LogP contribution in [0.1, 0.15) is 56.1 Å². The average Bonchev–Trinajstić information content (AvgIpc) is 3.12. The molecule has 1 aromatic rings. The Morgan fingerprint density at radius 2 is 2.17 bits per heavy atom. The van der Waals surface area contributed by atoms with Gasteiger partial charge >= 0.3 is 5.97 Å². The van der Waals surface area contributed by atoms with Gasteiger partial charge < -0.3 is 14.8 Å². The Labute approximate surface area is 141 Å². The Hall–Kier alpha value is -1.89. The van der Waals surface area contributed by atoms with Gasteiger partial charge in [0, 0.05) is 18.0 Å². The van der Waals surface area contributed by atoms with Gasteiger partial charge in [-0.05, 0) is 45.0 Å². The van der Waals surface area contributed by atoms with E-state index in [9.17, 15) is 4.79 Å². The largest absolute Gasteiger partial charge is 0.481 e. The molecule has 126 valence electrons. The highest BCUT2D eigenvalue weighted by Crippen LogP contribution is 2.18. The number of furan rings is 1. The van der Waals surface area contributed by atoms with Gasteiger partial charge in [0.05, 0.1) is 12.1 Å². The molecule has 2 rings (SSSR count). The van der Waals surface area contributed by atoms with Crippen LogP contribution in [0, 0.1) is 6.92 Å². The van der Waals surface area contributed by atoms with E-state index in [0.29, 0.717) is 23.3 Å². The Kier molecular flexibility index (Phi) is 6.15. The molecule has 1 aromatic heterocycles. The molecule has 23 heavy (non-hydrogen) atoms. The van der Waals surface area contributed by atoms with Crippen molar-refractivity contribution in [3.05, 3.63) is 23.2 Å². The lowest BCUT2D eigenvalue weighted by molar-refractivity contribution is -0.137. The molecule has 1 fully saturated rings. The summed E-state index contributed by atoms with van der Waals surface area (Å²) in [6, 6.07) is 2.29. The molecule has 1 aliphatic rings. The van der Waals surface area contributed by atoms with Gasteiger partial charge in [0.2, 0.25) is 0 Å². The van der Waals surface area contributed by atoms with E-state index in [4.69, 9.17) is 21.7 Å². The minimum Gasteiger partial charge on any atom is -0.481 e. The molecular weight excluding hydrogens is 314 g/mol. The summed E-state index contributed by atoms with van der Waals surface area (Å²) in [4.78, 5) is 10.6. The Morgan fingerprint density at radius 1 is 1.48 bits per heavy atom. The normalized spacial score (nSPS) is 15.7. The zero-order valence-electron chi connectivity index (χ0n) is 13.5. The third-order valence-corrected chi connectivity index (χ3v) is 4.17. The quantitative estimate of drug-likeness (QED) is 0.420. The summed E-state index contributed by atoms with van der Waals surface area (Å²) in [6.45, 7) is 3.71. The second kappa shape index (κ2) is 8.10. The predicted molar refractivity (Wildman–Crippen MR) is 92.7 cm³/mol. The Bertz CT molecular complexity index is 604. The van der Waals surface area contributed by atoms with Crippen LogP contribution in [0.25, 0.3) is 0 Å². The molecule has 0 amide bonds. The van der Waals surface area contributed by atoms with Crippen molar-refractivity contribution in [1.82, 2.24) is 10.7 Å². The Balaban J connectivity index is 1.91. The summed E-state index contributed by atoms with van der Waals surface area (Å²) in [5, 5.41) is 16.8. The molecule has 3 N–H and O–H groups in total. The summed E-state index contributed by atoms with van der Waals surface area (Å²) in [5.41, 5.74) is 4.48. The van der Waals surface area contributed by atoms with Gasteiger partial charge in [-0.1, -0.05) is 12.8 Å². The smallest absolute Gasteiger partial charge is 0.303 e. The number of thiocarbonyl (C=S) groups is 1. The van der Waals surface area contributed by atoms with Crippen molar-refractivity contribution in [2.45, 2.75) is 58.4 Å². The number of hydrogen-bond acceptors (Lipinski definition) is 4. The van der Waals surface area contributed by atoms with Gasteiger partial charge in [-0.25, -0.2) is 0 Å². The van der Waals surface area contributed by atoms with E-state index in [1.54, 1.807) is 0 Å². The molecule has 0 aromatic carbocycles. The predicted octanol–water partition coefficient (Wildman–Crippen LogP) is 2.74. The first-order chi connectivity index (χ1) is 11.0. The molecule has 1 aliphatic carbocycles. The fraction of sp³-hybridized carbons (Fsp3) is 0.562. The van der Waals surface area contributed by atoms with Gasteiger partial charge in [-0.3, -0.25) is 10.2 Å². The molecule has 0 bridgehead atoms. The minimum absolute atomic E-state index is 0.0518. The van der Waals surface area contributed by atoms with Gasteiger partial charge in [0.15, 0.2) is 5.11 Å². The van der Waals surface area contributed by atoms with E-state index in [1.807, 2.05) is 19.9 Å². The van der Waals surface area contributed by atoms with Crippen molar-refractivity contribution in [3.63, 3.8) is 0 Å². The van der Waals surface area contributed by atoms with Crippen LogP contribution >= 0.6 is 12.2 Å². The van der Waals surface area contributed by atoms with Crippen molar-refractivity contribution in [1.29, 1.82) is 0 Å². The number of hydrazone groups is 1. The lowest BCUT2D eigenvalue weighted by Crippen LogP contribution is -2.38. The van der Waals surface area contributed by atoms with Gasteiger partial charge in [0.1, 0.15) is 11.5 Å². The molecule has 0 aliphatic heterocycles. The first kappa shape index (κ1) is 17.5. The summed E-state index contributed by atoms with van der Waals surface area (Å²) < 4.78 is 5.58. The van der Waals surface area contributed by atoms with E-state index < -0.39 is 5.97 Å². The van der Waals surface area contributed by atoms with Crippen LogP contribution in [0.2, 0.25) is 0 Å². The van der Waals surface area contributed by atoms with E-state index in [-0.39, 0.29) is 6.42 Å². The van der Waals surface area contributed by atoms with E-state index >= 15 is 0 Å². The molecule has 0 saturated heterocycles. The van der Waals surface area contributed by atoms with Crippen LogP contribution in [0.15, 0.2) is 15.6 Å². The highest BCUT2D eigenvalue weighted by Gasteiger charge is 2.15. The maximum absolute atomic E-state index is 10.6. The van der Waals surface area contributed by atoms with Crippen LogP contribution in [0.3, 0.4) is 0 Å². The topological polar surface area (TPSA) is 86.9 Å². The standard InChI is InChI=1S/C16H23N3O3S/c1-10(18-19-16(23)17-12-5-3-4-6-12)14-9-13(22-11(14)2)7-8-15(20)21/h9,12H,3-8H2,1-2H3,(H,20,21)(H2,17,19,23)/b18-10-.